The fraction of sp³-hybridized carbons (Fsp3) is 0.421. The number of hydrogen-bond donors (Lipinski definition) is 1. The van der Waals surface area contributed by atoms with E-state index in [4.69, 9.17) is 0 Å². The van der Waals surface area contributed by atoms with Crippen molar-refractivity contribution in [2.24, 2.45) is 5.92 Å². The zero-order chi connectivity index (χ0) is 19.1. The molecular weight excluding hydrogens is 318 g/mol. The number of nitrogens with zero attached hydrogens (tertiary/aromatic N) is 2. The van der Waals surface area contributed by atoms with E-state index >= 15 is 0 Å². The van der Waals surface area contributed by atoms with Crippen LogP contribution >= 0.6 is 0 Å². The largest absolute Gasteiger partial charge is 0.347 e. The number of rotatable bonds is 7. The monoisotopic (exact) mass is 345 g/mol. The molecule has 0 spiro atoms. The molecule has 1 atom stereocenters. The molecule has 1 N–H and O–H groups in total. The van der Waals surface area contributed by atoms with Crippen LogP contribution in [0.4, 0.5) is 5.69 Å². The summed E-state index contributed by atoms with van der Waals surface area (Å²) in [6, 6.07) is 6.06. The molecule has 0 heterocycles. The standard InChI is InChI=1S/C19H27N3O3/c1-7-17(23)22(6)15-10-8-14(9-11-15)18(24)20-16(12-13(2)3)19(25)21(4)5/h7-11,13,16H,1,12H2,2-6H3,(H,20,24). The number of likely N-dealkylation sites (N-methyl/N-ethyl adjacent to an activating group) is 2. The number of carbonyl (C=O) groups excluding carboxylic acids is 3. The summed E-state index contributed by atoms with van der Waals surface area (Å²) in [6.07, 6.45) is 1.79. The van der Waals surface area contributed by atoms with Gasteiger partial charge < -0.3 is 15.1 Å². The van der Waals surface area contributed by atoms with Crippen LogP contribution in [0.5, 0.6) is 0 Å². The highest BCUT2D eigenvalue weighted by Gasteiger charge is 2.23. The molecule has 136 valence electrons. The first-order valence-electron chi connectivity index (χ1n) is 8.19. The highest BCUT2D eigenvalue weighted by atomic mass is 16.2. The number of benzene rings is 1. The molecule has 0 aliphatic carbocycles. The predicted octanol–water partition coefficient (Wildman–Crippen LogP) is 2.07. The Morgan fingerprint density at radius 3 is 2.12 bits per heavy atom. The average Bonchev–Trinajstić information content (AvgIpc) is 2.58. The second-order valence-corrected chi connectivity index (χ2v) is 6.54. The summed E-state index contributed by atoms with van der Waals surface area (Å²) in [7, 11) is 4.97. The molecule has 3 amide bonds. The maximum atomic E-state index is 12.5. The van der Waals surface area contributed by atoms with Crippen molar-refractivity contribution >= 4 is 23.4 Å². The molecule has 1 rings (SSSR count). The molecule has 0 aliphatic rings. The van der Waals surface area contributed by atoms with E-state index in [1.807, 2.05) is 13.8 Å². The van der Waals surface area contributed by atoms with Crippen LogP contribution in [-0.4, -0.2) is 49.8 Å². The lowest BCUT2D eigenvalue weighted by Crippen LogP contribution is -2.46. The minimum atomic E-state index is -0.563. The van der Waals surface area contributed by atoms with Gasteiger partial charge in [0.2, 0.25) is 11.8 Å². The SMILES string of the molecule is C=CC(=O)N(C)c1ccc(C(=O)NC(CC(C)C)C(=O)N(C)C)cc1. The molecule has 0 fully saturated rings. The lowest BCUT2D eigenvalue weighted by Gasteiger charge is -2.23. The summed E-state index contributed by atoms with van der Waals surface area (Å²) in [4.78, 5) is 39.2. The maximum Gasteiger partial charge on any atom is 0.251 e. The molecule has 0 bridgehead atoms. The Morgan fingerprint density at radius 1 is 1.12 bits per heavy atom. The van der Waals surface area contributed by atoms with E-state index in [0.717, 1.165) is 0 Å². The Morgan fingerprint density at radius 2 is 1.68 bits per heavy atom. The van der Waals surface area contributed by atoms with Crippen LogP contribution in [0.25, 0.3) is 0 Å². The number of anilines is 1. The Hall–Kier alpha value is -2.63. The summed E-state index contributed by atoms with van der Waals surface area (Å²) < 4.78 is 0. The normalized spacial score (nSPS) is 11.6. The van der Waals surface area contributed by atoms with Gasteiger partial charge in [0.25, 0.3) is 5.91 Å². The molecule has 0 saturated carbocycles. The topological polar surface area (TPSA) is 69.7 Å². The van der Waals surface area contributed by atoms with Crippen LogP contribution in [-0.2, 0) is 9.59 Å². The van der Waals surface area contributed by atoms with Gasteiger partial charge in [0.1, 0.15) is 6.04 Å². The van der Waals surface area contributed by atoms with Crippen molar-refractivity contribution in [1.29, 1.82) is 0 Å². The molecular formula is C19H27N3O3. The zero-order valence-corrected chi connectivity index (χ0v) is 15.6. The van der Waals surface area contributed by atoms with Crippen LogP contribution < -0.4 is 10.2 Å². The molecule has 25 heavy (non-hydrogen) atoms. The van der Waals surface area contributed by atoms with Gasteiger partial charge in [-0.1, -0.05) is 20.4 Å². The van der Waals surface area contributed by atoms with Crippen molar-refractivity contribution in [3.8, 4) is 0 Å². The van der Waals surface area contributed by atoms with E-state index in [1.165, 1.54) is 15.9 Å². The first-order valence-corrected chi connectivity index (χ1v) is 8.19. The van der Waals surface area contributed by atoms with Gasteiger partial charge in [-0.3, -0.25) is 14.4 Å². The van der Waals surface area contributed by atoms with Crippen molar-refractivity contribution in [2.75, 3.05) is 26.0 Å². The van der Waals surface area contributed by atoms with Crippen LogP contribution in [0, 0.1) is 5.92 Å². The smallest absolute Gasteiger partial charge is 0.251 e. The Labute approximate surface area is 149 Å². The van der Waals surface area contributed by atoms with E-state index in [9.17, 15) is 14.4 Å². The van der Waals surface area contributed by atoms with Crippen LogP contribution in [0.15, 0.2) is 36.9 Å². The van der Waals surface area contributed by atoms with E-state index < -0.39 is 6.04 Å². The highest BCUT2D eigenvalue weighted by Crippen LogP contribution is 2.15. The maximum absolute atomic E-state index is 12.5. The third-order valence-electron chi connectivity index (χ3n) is 3.77. The van der Waals surface area contributed by atoms with Crippen molar-refractivity contribution in [3.05, 3.63) is 42.5 Å². The number of nitrogens with one attached hydrogen (secondary N) is 1. The van der Waals surface area contributed by atoms with Crippen molar-refractivity contribution in [3.63, 3.8) is 0 Å². The van der Waals surface area contributed by atoms with Gasteiger partial charge in [0.05, 0.1) is 0 Å². The summed E-state index contributed by atoms with van der Waals surface area (Å²) in [5.41, 5.74) is 1.09. The lowest BCUT2D eigenvalue weighted by molar-refractivity contribution is -0.131. The van der Waals surface area contributed by atoms with Crippen LogP contribution in [0.3, 0.4) is 0 Å². The summed E-state index contributed by atoms with van der Waals surface area (Å²) in [5.74, 6) is -0.402. The number of hydrogen-bond acceptors (Lipinski definition) is 3. The minimum absolute atomic E-state index is 0.130. The van der Waals surface area contributed by atoms with Crippen molar-refractivity contribution < 1.29 is 14.4 Å². The quantitative estimate of drug-likeness (QED) is 0.769. The fourth-order valence-corrected chi connectivity index (χ4v) is 2.35. The minimum Gasteiger partial charge on any atom is -0.347 e. The highest BCUT2D eigenvalue weighted by molar-refractivity contribution is 6.01. The first kappa shape index (κ1) is 20.4. The average molecular weight is 345 g/mol. The fourth-order valence-electron chi connectivity index (χ4n) is 2.35. The predicted molar refractivity (Wildman–Crippen MR) is 99.5 cm³/mol. The van der Waals surface area contributed by atoms with E-state index in [-0.39, 0.29) is 23.6 Å². The molecule has 0 saturated heterocycles. The summed E-state index contributed by atoms with van der Waals surface area (Å²) in [5, 5.41) is 2.80. The Bertz CT molecular complexity index is 636. The summed E-state index contributed by atoms with van der Waals surface area (Å²) in [6.45, 7) is 7.46. The molecule has 0 radical (unpaired) electrons. The van der Waals surface area contributed by atoms with E-state index in [0.29, 0.717) is 17.7 Å². The number of carbonyl (C=O) groups is 3. The molecule has 1 aromatic rings. The second kappa shape index (κ2) is 9.01. The molecule has 1 aromatic carbocycles. The first-order chi connectivity index (χ1) is 11.7. The zero-order valence-electron chi connectivity index (χ0n) is 15.6. The number of amides is 3. The molecule has 6 heteroatoms. The van der Waals surface area contributed by atoms with Gasteiger partial charge >= 0.3 is 0 Å². The van der Waals surface area contributed by atoms with Crippen LogP contribution in [0.2, 0.25) is 0 Å². The Balaban J connectivity index is 2.89. The molecule has 1 unspecified atom stereocenters. The van der Waals surface area contributed by atoms with Crippen molar-refractivity contribution in [1.82, 2.24) is 10.2 Å². The second-order valence-electron chi connectivity index (χ2n) is 6.54. The lowest BCUT2D eigenvalue weighted by atomic mass is 10.0. The molecule has 6 nitrogen and oxygen atoms in total. The van der Waals surface area contributed by atoms with Gasteiger partial charge in [-0.15, -0.1) is 0 Å². The van der Waals surface area contributed by atoms with Crippen molar-refractivity contribution in [2.45, 2.75) is 26.3 Å². The third kappa shape index (κ3) is 5.74. The van der Waals surface area contributed by atoms with Gasteiger partial charge in [0.15, 0.2) is 0 Å². The van der Waals surface area contributed by atoms with Gasteiger partial charge in [0, 0.05) is 32.4 Å². The molecule has 0 aromatic heterocycles. The van der Waals surface area contributed by atoms with E-state index in [2.05, 4.69) is 11.9 Å². The van der Waals surface area contributed by atoms with E-state index in [1.54, 1.807) is 45.4 Å². The van der Waals surface area contributed by atoms with Gasteiger partial charge in [-0.05, 0) is 42.7 Å². The molecule has 0 aliphatic heterocycles. The third-order valence-corrected chi connectivity index (χ3v) is 3.77. The Kier molecular flexibility index (Phi) is 7.36. The van der Waals surface area contributed by atoms with Gasteiger partial charge in [-0.25, -0.2) is 0 Å². The van der Waals surface area contributed by atoms with Gasteiger partial charge in [-0.2, -0.15) is 0 Å². The van der Waals surface area contributed by atoms with Crippen LogP contribution in [0.1, 0.15) is 30.6 Å². The summed E-state index contributed by atoms with van der Waals surface area (Å²) >= 11 is 0.